The van der Waals surface area contributed by atoms with Gasteiger partial charge in [-0.05, 0) is 31.0 Å². The third-order valence-corrected chi connectivity index (χ3v) is 3.08. The van der Waals surface area contributed by atoms with Crippen LogP contribution in [0.4, 0.5) is 13.2 Å². The summed E-state index contributed by atoms with van der Waals surface area (Å²) in [5.74, 6) is -0.488. The van der Waals surface area contributed by atoms with Gasteiger partial charge in [0.05, 0.1) is 0 Å². The molecule has 0 spiro atoms. The maximum absolute atomic E-state index is 12.0. The van der Waals surface area contributed by atoms with Crippen molar-refractivity contribution in [1.29, 1.82) is 0 Å². The number of amides is 1. The van der Waals surface area contributed by atoms with Crippen LogP contribution in [0.5, 0.6) is 5.75 Å². The molecule has 1 heterocycles. The van der Waals surface area contributed by atoms with Gasteiger partial charge in [0.2, 0.25) is 5.91 Å². The van der Waals surface area contributed by atoms with Crippen LogP contribution in [0.1, 0.15) is 18.5 Å². The minimum Gasteiger partial charge on any atom is -0.406 e. The molecule has 23 heavy (non-hydrogen) atoms. The Bertz CT molecular complexity index is 626. The van der Waals surface area contributed by atoms with Crippen molar-refractivity contribution in [3.63, 3.8) is 0 Å². The number of nitrogens with zero attached hydrogens (tertiary/aromatic N) is 3. The average molecular weight is 328 g/mol. The van der Waals surface area contributed by atoms with Crippen LogP contribution in [-0.2, 0) is 11.2 Å². The number of aromatic nitrogens is 3. The van der Waals surface area contributed by atoms with Crippen molar-refractivity contribution < 1.29 is 22.7 Å². The number of halogens is 3. The van der Waals surface area contributed by atoms with E-state index in [4.69, 9.17) is 0 Å². The zero-order valence-corrected chi connectivity index (χ0v) is 12.2. The van der Waals surface area contributed by atoms with E-state index in [1.165, 1.54) is 41.6 Å². The molecule has 0 bridgehead atoms. The molecular formula is C14H15F3N4O2. The number of rotatable bonds is 6. The lowest BCUT2D eigenvalue weighted by Gasteiger charge is -2.12. The summed E-state index contributed by atoms with van der Waals surface area (Å²) < 4.78 is 41.3. The van der Waals surface area contributed by atoms with Crippen molar-refractivity contribution in [3.05, 3.63) is 42.5 Å². The van der Waals surface area contributed by atoms with E-state index in [9.17, 15) is 18.0 Å². The predicted molar refractivity (Wildman–Crippen MR) is 74.6 cm³/mol. The van der Waals surface area contributed by atoms with Gasteiger partial charge in [0.25, 0.3) is 0 Å². The maximum Gasteiger partial charge on any atom is 0.573 e. The molecule has 0 aliphatic heterocycles. The Hall–Kier alpha value is -2.58. The van der Waals surface area contributed by atoms with Crippen molar-refractivity contribution in [1.82, 2.24) is 20.1 Å². The number of ether oxygens (including phenoxy) is 1. The van der Waals surface area contributed by atoms with E-state index in [2.05, 4.69) is 20.1 Å². The summed E-state index contributed by atoms with van der Waals surface area (Å²) in [6.45, 7) is 2.05. The summed E-state index contributed by atoms with van der Waals surface area (Å²) in [6, 6.07) is 5.04. The van der Waals surface area contributed by atoms with Crippen LogP contribution in [0.2, 0.25) is 0 Å². The summed E-state index contributed by atoms with van der Waals surface area (Å²) in [4.78, 5) is 15.7. The zero-order valence-electron chi connectivity index (χ0n) is 12.2. The molecule has 2 rings (SSSR count). The van der Waals surface area contributed by atoms with E-state index < -0.39 is 12.4 Å². The topological polar surface area (TPSA) is 69.0 Å². The Labute approximate surface area is 130 Å². The molecular weight excluding hydrogens is 313 g/mol. The molecule has 1 amide bonds. The fraction of sp³-hybridized carbons (Fsp3) is 0.357. The second kappa shape index (κ2) is 7.12. The smallest absolute Gasteiger partial charge is 0.406 e. The Morgan fingerprint density at radius 2 is 2.04 bits per heavy atom. The van der Waals surface area contributed by atoms with Gasteiger partial charge in [0.1, 0.15) is 24.4 Å². The lowest BCUT2D eigenvalue weighted by Crippen LogP contribution is -2.32. The minimum absolute atomic E-state index is 0.215. The third kappa shape index (κ3) is 5.28. The van der Waals surface area contributed by atoms with Gasteiger partial charge in [-0.3, -0.25) is 4.79 Å². The zero-order chi connectivity index (χ0) is 16.9. The van der Waals surface area contributed by atoms with E-state index in [0.717, 1.165) is 5.56 Å². The van der Waals surface area contributed by atoms with Gasteiger partial charge in [-0.15, -0.1) is 13.2 Å². The summed E-state index contributed by atoms with van der Waals surface area (Å²) in [5.41, 5.74) is 0.785. The molecule has 0 radical (unpaired) electrons. The number of nitrogens with one attached hydrogen (secondary N) is 1. The molecule has 0 unspecified atom stereocenters. The molecule has 6 nitrogen and oxygen atoms in total. The van der Waals surface area contributed by atoms with Crippen LogP contribution in [-0.4, -0.2) is 33.6 Å². The lowest BCUT2D eigenvalue weighted by molar-refractivity contribution is -0.274. The molecule has 0 fully saturated rings. The van der Waals surface area contributed by atoms with E-state index in [0.29, 0.717) is 13.0 Å². The highest BCUT2D eigenvalue weighted by Gasteiger charge is 2.30. The van der Waals surface area contributed by atoms with Crippen molar-refractivity contribution in [3.8, 4) is 5.75 Å². The number of hydrogen-bond donors (Lipinski definition) is 1. The molecule has 1 aromatic heterocycles. The average Bonchev–Trinajstić information content (AvgIpc) is 3.01. The van der Waals surface area contributed by atoms with Crippen LogP contribution < -0.4 is 10.1 Å². The second-order valence-corrected chi connectivity index (χ2v) is 4.78. The molecule has 1 N–H and O–H groups in total. The molecule has 0 aliphatic carbocycles. The van der Waals surface area contributed by atoms with Crippen molar-refractivity contribution >= 4 is 5.91 Å². The van der Waals surface area contributed by atoms with Crippen molar-refractivity contribution in [2.45, 2.75) is 25.7 Å². The summed E-state index contributed by atoms with van der Waals surface area (Å²) >= 11 is 0. The lowest BCUT2D eigenvalue weighted by atomic mass is 10.1. The fourth-order valence-electron chi connectivity index (χ4n) is 1.87. The Morgan fingerprint density at radius 3 is 2.61 bits per heavy atom. The van der Waals surface area contributed by atoms with Crippen LogP contribution in [0, 0.1) is 0 Å². The van der Waals surface area contributed by atoms with Crippen LogP contribution >= 0.6 is 0 Å². The first-order chi connectivity index (χ1) is 10.8. The van der Waals surface area contributed by atoms with Crippen molar-refractivity contribution in [2.75, 3.05) is 6.54 Å². The number of benzene rings is 1. The number of hydrogen-bond acceptors (Lipinski definition) is 4. The molecule has 0 aliphatic rings. The highest BCUT2D eigenvalue weighted by Crippen LogP contribution is 2.22. The highest BCUT2D eigenvalue weighted by molar-refractivity contribution is 5.79. The van der Waals surface area contributed by atoms with Crippen LogP contribution in [0.25, 0.3) is 0 Å². The standard InChI is InChI=1S/C14H15F3N4O2/c1-10(21-9-18-8-20-21)13(22)19-7-6-11-2-4-12(5-3-11)23-14(15,16)17/h2-5,8-10H,6-7H2,1H3,(H,19,22)/t10-/m1/s1. The summed E-state index contributed by atoms with van der Waals surface area (Å²) in [6.07, 6.45) is -1.42. The largest absolute Gasteiger partial charge is 0.573 e. The van der Waals surface area contributed by atoms with E-state index >= 15 is 0 Å². The van der Waals surface area contributed by atoms with Gasteiger partial charge < -0.3 is 10.1 Å². The van der Waals surface area contributed by atoms with Gasteiger partial charge in [-0.25, -0.2) is 9.67 Å². The normalized spacial score (nSPS) is 12.7. The third-order valence-electron chi connectivity index (χ3n) is 3.08. The second-order valence-electron chi connectivity index (χ2n) is 4.78. The minimum atomic E-state index is -4.70. The van der Waals surface area contributed by atoms with Gasteiger partial charge in [-0.1, -0.05) is 12.1 Å². The van der Waals surface area contributed by atoms with Crippen molar-refractivity contribution in [2.24, 2.45) is 0 Å². The van der Waals surface area contributed by atoms with E-state index in [1.54, 1.807) is 6.92 Å². The van der Waals surface area contributed by atoms with Gasteiger partial charge in [0.15, 0.2) is 0 Å². The first-order valence-corrected chi connectivity index (χ1v) is 6.81. The van der Waals surface area contributed by atoms with Crippen LogP contribution in [0.3, 0.4) is 0 Å². The predicted octanol–water partition coefficient (Wildman–Crippen LogP) is 2.10. The first-order valence-electron chi connectivity index (χ1n) is 6.81. The van der Waals surface area contributed by atoms with Gasteiger partial charge in [-0.2, -0.15) is 5.10 Å². The fourth-order valence-corrected chi connectivity index (χ4v) is 1.87. The van der Waals surface area contributed by atoms with Gasteiger partial charge >= 0.3 is 6.36 Å². The Balaban J connectivity index is 1.79. The number of alkyl halides is 3. The first kappa shape index (κ1) is 16.8. The monoisotopic (exact) mass is 328 g/mol. The van der Waals surface area contributed by atoms with E-state index in [-0.39, 0.29) is 11.7 Å². The summed E-state index contributed by atoms with van der Waals surface area (Å²) in [5, 5.41) is 6.61. The Kier molecular flexibility index (Phi) is 5.20. The number of carbonyl (C=O) groups is 1. The molecule has 2 aromatic rings. The Morgan fingerprint density at radius 1 is 1.35 bits per heavy atom. The maximum atomic E-state index is 12.0. The molecule has 124 valence electrons. The molecule has 9 heteroatoms. The molecule has 0 saturated carbocycles. The summed E-state index contributed by atoms with van der Waals surface area (Å²) in [7, 11) is 0. The van der Waals surface area contributed by atoms with E-state index in [1.807, 2.05) is 0 Å². The molecule has 1 atom stereocenters. The highest BCUT2D eigenvalue weighted by atomic mass is 19.4. The molecule has 0 saturated heterocycles. The SMILES string of the molecule is C[C@H](C(=O)NCCc1ccc(OC(F)(F)F)cc1)n1cncn1. The number of carbonyl (C=O) groups excluding carboxylic acids is 1. The van der Waals surface area contributed by atoms with Gasteiger partial charge in [0, 0.05) is 6.54 Å². The van der Waals surface area contributed by atoms with Crippen LogP contribution in [0.15, 0.2) is 36.9 Å². The quantitative estimate of drug-likeness (QED) is 0.882. The molecule has 1 aromatic carbocycles.